The van der Waals surface area contributed by atoms with Gasteiger partial charge in [-0.3, -0.25) is 4.79 Å². The third-order valence-corrected chi connectivity index (χ3v) is 6.07. The number of sulfonamides is 1. The highest BCUT2D eigenvalue weighted by molar-refractivity contribution is 7.89. The van der Waals surface area contributed by atoms with Gasteiger partial charge in [0.1, 0.15) is 17.0 Å². The Morgan fingerprint density at radius 2 is 1.52 bits per heavy atom. The van der Waals surface area contributed by atoms with E-state index in [0.717, 1.165) is 0 Å². The van der Waals surface area contributed by atoms with Gasteiger partial charge in [-0.1, -0.05) is 11.6 Å². The summed E-state index contributed by atoms with van der Waals surface area (Å²) in [6.07, 6.45) is 0.138. The maximum atomic E-state index is 12.6. The number of nitrogens with one attached hydrogen (secondary N) is 1. The van der Waals surface area contributed by atoms with Gasteiger partial charge in [-0.25, -0.2) is 14.3 Å². The molecule has 5 N–H and O–H groups in total. The lowest BCUT2D eigenvalue weighted by atomic mass is 9.92. The normalized spacial score (nSPS) is 15.7. The van der Waals surface area contributed by atoms with Crippen LogP contribution in [-0.4, -0.2) is 43.5 Å². The van der Waals surface area contributed by atoms with E-state index in [-0.39, 0.29) is 31.0 Å². The van der Waals surface area contributed by atoms with Gasteiger partial charge in [0.15, 0.2) is 0 Å². The molecule has 1 aliphatic heterocycles. The van der Waals surface area contributed by atoms with Crippen molar-refractivity contribution in [3.63, 3.8) is 0 Å². The molecule has 0 radical (unpaired) electrons. The smallest absolute Gasteiger partial charge is 0.325 e. The van der Waals surface area contributed by atoms with Gasteiger partial charge in [0, 0.05) is 31.1 Å². The second-order valence-corrected chi connectivity index (χ2v) is 8.25. The number of aliphatic carboxylic acids is 1. The molecule has 9 nitrogen and oxygen atoms in total. The molecule has 1 heterocycles. The summed E-state index contributed by atoms with van der Waals surface area (Å²) in [4.78, 5) is 11.6. The molecule has 0 unspecified atom stereocenters. The molecule has 1 fully saturated rings. The summed E-state index contributed by atoms with van der Waals surface area (Å²) in [5, 5.41) is 16.6. The quantitative estimate of drug-likeness (QED) is 0.496. The summed E-state index contributed by atoms with van der Waals surface area (Å²) in [5.41, 5.74) is -1.56. The summed E-state index contributed by atoms with van der Waals surface area (Å²) in [7, 11) is -4.02. The lowest BCUT2D eigenvalue weighted by Gasteiger charge is -2.33. The Hall–Kier alpha value is -2.21. The Kier molecular flexibility index (Phi) is 7.96. The van der Waals surface area contributed by atoms with Crippen LogP contribution in [0.2, 0.25) is 5.02 Å². The van der Waals surface area contributed by atoms with Crippen LogP contribution in [0.15, 0.2) is 53.4 Å². The molecule has 2 aromatic rings. The number of hydrogen-bond acceptors (Lipinski definition) is 7. The number of benzene rings is 2. The van der Waals surface area contributed by atoms with E-state index in [4.69, 9.17) is 26.3 Å². The van der Waals surface area contributed by atoms with E-state index in [1.807, 2.05) is 0 Å². The van der Waals surface area contributed by atoms with Crippen LogP contribution in [0.4, 0.5) is 0 Å². The zero-order valence-corrected chi connectivity index (χ0v) is 16.8. The minimum atomic E-state index is -4.02. The maximum absolute atomic E-state index is 12.6. The lowest BCUT2D eigenvalue weighted by Crippen LogP contribution is -2.57. The van der Waals surface area contributed by atoms with E-state index in [9.17, 15) is 18.3 Å². The van der Waals surface area contributed by atoms with Crippen LogP contribution in [0.1, 0.15) is 12.8 Å². The van der Waals surface area contributed by atoms with E-state index in [1.54, 1.807) is 24.3 Å². The largest absolute Gasteiger partial charge is 0.480 e. The second kappa shape index (κ2) is 10.0. The zero-order valence-electron chi connectivity index (χ0n) is 15.2. The molecule has 0 amide bonds. The van der Waals surface area contributed by atoms with Crippen molar-refractivity contribution >= 4 is 27.6 Å². The van der Waals surface area contributed by atoms with Crippen LogP contribution in [0, 0.1) is 0 Å². The number of carboxylic acid groups (broad SMARTS) is 1. The second-order valence-electron chi connectivity index (χ2n) is 6.13. The lowest BCUT2D eigenvalue weighted by molar-refractivity contribution is -0.147. The van der Waals surface area contributed by atoms with E-state index >= 15 is 0 Å². The Morgan fingerprint density at radius 1 is 1.03 bits per heavy atom. The van der Waals surface area contributed by atoms with Crippen LogP contribution in [0.25, 0.3) is 0 Å². The predicted octanol–water partition coefficient (Wildman–Crippen LogP) is 2.38. The fourth-order valence-corrected chi connectivity index (χ4v) is 4.27. The fraction of sp³-hybridized carbons (Fsp3) is 0.278. The first-order valence-corrected chi connectivity index (χ1v) is 10.3. The molecule has 11 heteroatoms. The Balaban J connectivity index is 0.00000145. The molecular formula is C18H21ClN2O7S. The number of hydrogen-bond donors (Lipinski definition) is 4. The molecule has 0 saturated carbocycles. The third kappa shape index (κ3) is 5.89. The van der Waals surface area contributed by atoms with Crippen molar-refractivity contribution in [2.45, 2.75) is 23.3 Å². The average molecular weight is 445 g/mol. The summed E-state index contributed by atoms with van der Waals surface area (Å²) < 4.78 is 38.4. The number of nitrogens with two attached hydrogens (primary N) is 1. The number of carboxylic acids is 1. The van der Waals surface area contributed by atoms with Crippen molar-refractivity contribution in [2.24, 2.45) is 5.90 Å². The summed E-state index contributed by atoms with van der Waals surface area (Å²) >= 11 is 5.82. The predicted molar refractivity (Wildman–Crippen MR) is 105 cm³/mol. The van der Waals surface area contributed by atoms with E-state index in [2.05, 4.69) is 10.6 Å². The Bertz CT molecular complexity index is 912. The van der Waals surface area contributed by atoms with Crippen LogP contribution in [0.3, 0.4) is 0 Å². The molecule has 2 aromatic carbocycles. The van der Waals surface area contributed by atoms with Gasteiger partial charge in [-0.15, -0.1) is 0 Å². The number of ether oxygens (including phenoxy) is 2. The van der Waals surface area contributed by atoms with Crippen LogP contribution in [0.5, 0.6) is 11.5 Å². The highest BCUT2D eigenvalue weighted by atomic mass is 35.5. The van der Waals surface area contributed by atoms with E-state index in [1.165, 1.54) is 24.3 Å². The van der Waals surface area contributed by atoms with Crippen molar-refractivity contribution in [3.05, 3.63) is 53.6 Å². The minimum Gasteiger partial charge on any atom is -0.480 e. The fourth-order valence-electron chi connectivity index (χ4n) is 2.72. The first-order valence-electron chi connectivity index (χ1n) is 8.45. The first-order chi connectivity index (χ1) is 13.8. The summed E-state index contributed by atoms with van der Waals surface area (Å²) in [5.74, 6) is 3.28. The molecule has 0 aliphatic carbocycles. The zero-order chi connectivity index (χ0) is 21.5. The van der Waals surface area contributed by atoms with Gasteiger partial charge in [-0.2, -0.15) is 4.72 Å². The minimum absolute atomic E-state index is 0.0435. The highest BCUT2D eigenvalue weighted by Gasteiger charge is 2.43. The molecular weight excluding hydrogens is 424 g/mol. The number of carbonyl (C=O) groups is 1. The molecule has 0 spiro atoms. The highest BCUT2D eigenvalue weighted by Crippen LogP contribution is 2.27. The number of rotatable bonds is 6. The van der Waals surface area contributed by atoms with Crippen molar-refractivity contribution < 1.29 is 33.0 Å². The first kappa shape index (κ1) is 23.1. The molecule has 1 aliphatic rings. The summed E-state index contributed by atoms with van der Waals surface area (Å²) in [6.45, 7) is 0.366. The molecule has 0 atom stereocenters. The standard InChI is InChI=1S/C18H18ClNO6S.H3NO/c19-13-1-3-14(4-2-13)26-15-5-7-16(8-6-15)27(23,24)20-18(17(21)22)9-11-25-12-10-18;1-2/h1-8,20H,9-12H2,(H,21,22);2H,1H2. The SMILES string of the molecule is NO.O=C(O)C1(NS(=O)(=O)c2ccc(Oc3ccc(Cl)cc3)cc2)CCOCC1. The van der Waals surface area contributed by atoms with Gasteiger partial charge >= 0.3 is 5.97 Å². The molecule has 1 saturated heterocycles. The van der Waals surface area contributed by atoms with Gasteiger partial charge in [0.2, 0.25) is 10.0 Å². The topological polar surface area (TPSA) is 148 Å². The molecule has 29 heavy (non-hydrogen) atoms. The Labute approximate surface area is 173 Å². The Morgan fingerprint density at radius 3 is 2.00 bits per heavy atom. The molecule has 0 aromatic heterocycles. The van der Waals surface area contributed by atoms with Crippen molar-refractivity contribution in [3.8, 4) is 11.5 Å². The molecule has 0 bridgehead atoms. The van der Waals surface area contributed by atoms with Gasteiger partial charge in [0.05, 0.1) is 4.90 Å². The van der Waals surface area contributed by atoms with Crippen LogP contribution in [-0.2, 0) is 19.6 Å². The van der Waals surface area contributed by atoms with E-state index in [0.29, 0.717) is 16.5 Å². The van der Waals surface area contributed by atoms with Gasteiger partial charge in [0.25, 0.3) is 0 Å². The average Bonchev–Trinajstić information content (AvgIpc) is 2.72. The monoisotopic (exact) mass is 444 g/mol. The molecule has 158 valence electrons. The van der Waals surface area contributed by atoms with Crippen LogP contribution < -0.4 is 15.4 Å². The van der Waals surface area contributed by atoms with E-state index < -0.39 is 21.5 Å². The third-order valence-electron chi connectivity index (χ3n) is 4.27. The van der Waals surface area contributed by atoms with Crippen molar-refractivity contribution in [1.29, 1.82) is 0 Å². The molecule has 3 rings (SSSR count). The number of halogens is 1. The summed E-state index contributed by atoms with van der Waals surface area (Å²) in [6, 6.07) is 12.5. The van der Waals surface area contributed by atoms with Crippen molar-refractivity contribution in [1.82, 2.24) is 4.72 Å². The van der Waals surface area contributed by atoms with Gasteiger partial charge in [-0.05, 0) is 48.5 Å². The van der Waals surface area contributed by atoms with Crippen molar-refractivity contribution in [2.75, 3.05) is 13.2 Å². The van der Waals surface area contributed by atoms with Crippen LogP contribution >= 0.6 is 11.6 Å². The van der Waals surface area contributed by atoms with Gasteiger partial charge < -0.3 is 19.8 Å². The maximum Gasteiger partial charge on any atom is 0.325 e.